The van der Waals surface area contributed by atoms with Gasteiger partial charge in [0.25, 0.3) is 0 Å². The number of hydrogen-bond acceptors (Lipinski definition) is 28. The van der Waals surface area contributed by atoms with Gasteiger partial charge in [-0.15, -0.1) is 0 Å². The van der Waals surface area contributed by atoms with Crippen molar-refractivity contribution in [3.05, 3.63) is 36.0 Å². The molecule has 2 heterocycles. The Bertz CT molecular complexity index is 4120. The predicted molar refractivity (Wildman–Crippen MR) is 444 cm³/mol. The van der Waals surface area contributed by atoms with Crippen molar-refractivity contribution in [2.24, 2.45) is 63.1 Å². The Morgan fingerprint density at radius 3 is 1.55 bits per heavy atom. The number of guanidine groups is 1. The second-order valence-corrected chi connectivity index (χ2v) is 31.4. The molecule has 18 atom stereocenters. The van der Waals surface area contributed by atoms with Crippen molar-refractivity contribution < 1.29 is 125 Å². The maximum Gasteiger partial charge on any atom is 0.303 e. The number of nitrogens with two attached hydrogens (primary N) is 6. The molecule has 0 saturated carbocycles. The third-order valence-electron chi connectivity index (χ3n) is 19.5. The molecule has 46 heteroatoms. The highest BCUT2D eigenvalue weighted by Gasteiger charge is 2.53. The van der Waals surface area contributed by atoms with Crippen molar-refractivity contribution in [1.82, 2.24) is 68.8 Å². The lowest BCUT2D eigenvalue weighted by molar-refractivity contribution is -0.308. The molecule has 698 valence electrons. The van der Waals surface area contributed by atoms with Crippen LogP contribution in [-0.4, -0.2) is 265 Å². The largest absolute Gasteiger partial charge is 0.463 e. The summed E-state index contributed by atoms with van der Waals surface area (Å²) in [5, 5.41) is 41.7. The Labute approximate surface area is 722 Å². The zero-order valence-electron chi connectivity index (χ0n) is 72.9. The molecule has 1 saturated heterocycles. The van der Waals surface area contributed by atoms with Gasteiger partial charge in [-0.1, -0.05) is 80.0 Å². The lowest BCUT2D eigenvalue weighted by Gasteiger charge is -2.44. The van der Waals surface area contributed by atoms with E-state index in [-0.39, 0.29) is 89.2 Å². The number of aromatic amines is 1. The number of nitrogens with zero attached hydrogens (tertiary/aromatic N) is 1. The molecule has 1 aliphatic rings. The van der Waals surface area contributed by atoms with Crippen molar-refractivity contribution in [2.45, 2.75) is 271 Å². The minimum Gasteiger partial charge on any atom is -0.463 e. The van der Waals surface area contributed by atoms with E-state index in [0.717, 1.165) is 34.6 Å². The van der Waals surface area contributed by atoms with E-state index in [0.29, 0.717) is 16.5 Å². The van der Waals surface area contributed by atoms with Crippen molar-refractivity contribution in [3.8, 4) is 0 Å². The van der Waals surface area contributed by atoms with Crippen molar-refractivity contribution in [3.63, 3.8) is 0 Å². The van der Waals surface area contributed by atoms with Crippen LogP contribution in [0, 0.1) is 23.7 Å². The summed E-state index contributed by atoms with van der Waals surface area (Å²) in [6.45, 7) is 16.1. The number of aliphatic imine (C=N–C) groups is 1. The van der Waals surface area contributed by atoms with Crippen LogP contribution in [0.4, 0.5) is 0 Å². The van der Waals surface area contributed by atoms with E-state index in [2.05, 4.69) is 73.8 Å². The number of esters is 4. The average Bonchev–Trinajstić information content (AvgIpc) is 1.37. The van der Waals surface area contributed by atoms with Crippen LogP contribution in [0.15, 0.2) is 35.5 Å². The first kappa shape index (κ1) is 107. The maximum absolute atomic E-state index is 15.1. The molecular formula is C79H126N20O26. The van der Waals surface area contributed by atoms with Crippen LogP contribution in [0.1, 0.15) is 167 Å². The summed E-state index contributed by atoms with van der Waals surface area (Å²) in [6, 6.07) is -10.6. The fourth-order valence-electron chi connectivity index (χ4n) is 12.9. The maximum atomic E-state index is 15.1. The van der Waals surface area contributed by atoms with Gasteiger partial charge in [0.15, 0.2) is 30.6 Å². The van der Waals surface area contributed by atoms with E-state index in [1.807, 2.05) is 0 Å². The lowest BCUT2D eigenvalue weighted by atomic mass is 9.96. The molecule has 0 bridgehead atoms. The summed E-state index contributed by atoms with van der Waals surface area (Å²) >= 11 is 0. The number of aliphatic hydroxyl groups is 1. The summed E-state index contributed by atoms with van der Waals surface area (Å²) in [5.74, 6) is -22.2. The van der Waals surface area contributed by atoms with Gasteiger partial charge in [-0.05, 0) is 93.7 Å². The molecule has 1 aliphatic heterocycles. The number of rotatable bonds is 54. The number of benzene rings is 1. The van der Waals surface area contributed by atoms with Crippen LogP contribution in [-0.2, 0) is 126 Å². The quantitative estimate of drug-likeness (QED) is 0.00963. The molecular weight excluding hydrogens is 1640 g/mol. The smallest absolute Gasteiger partial charge is 0.303 e. The Hall–Kier alpha value is -12.2. The van der Waals surface area contributed by atoms with Crippen molar-refractivity contribution >= 4 is 129 Å². The summed E-state index contributed by atoms with van der Waals surface area (Å²) < 4.78 is 34.0. The Balaban J connectivity index is 2.04. The van der Waals surface area contributed by atoms with Crippen molar-refractivity contribution in [1.29, 1.82) is 0 Å². The van der Waals surface area contributed by atoms with Crippen LogP contribution >= 0.6 is 0 Å². The minimum absolute atomic E-state index is 0.0376. The van der Waals surface area contributed by atoms with E-state index in [1.54, 1.807) is 65.1 Å². The third-order valence-corrected chi connectivity index (χ3v) is 19.5. The number of carbonyl (C=O) groups is 19. The predicted octanol–water partition coefficient (Wildman–Crippen LogP) is -6.13. The van der Waals surface area contributed by atoms with Crippen LogP contribution in [0.3, 0.4) is 0 Å². The van der Waals surface area contributed by atoms with Gasteiger partial charge < -0.3 is 137 Å². The van der Waals surface area contributed by atoms with Gasteiger partial charge in [-0.25, -0.2) is 0 Å². The average molecular weight is 1770 g/mol. The number of carbonyl (C=O) groups excluding carboxylic acids is 19. The van der Waals surface area contributed by atoms with Gasteiger partial charge in [0.05, 0.1) is 25.7 Å². The number of aromatic nitrogens is 1. The van der Waals surface area contributed by atoms with E-state index >= 15 is 4.79 Å². The number of hydrogen-bond donors (Lipinski definition) is 20. The second-order valence-electron chi connectivity index (χ2n) is 31.4. The number of para-hydroxylation sites is 1. The summed E-state index contributed by atoms with van der Waals surface area (Å²) in [5.41, 5.74) is 34.4. The topological polar surface area (TPSA) is 729 Å². The fraction of sp³-hybridized carbons (Fsp3) is 0.646. The van der Waals surface area contributed by atoms with Gasteiger partial charge in [0.1, 0.15) is 79.2 Å². The van der Waals surface area contributed by atoms with Crippen LogP contribution in [0.25, 0.3) is 10.9 Å². The summed E-state index contributed by atoms with van der Waals surface area (Å²) in [4.78, 5) is 265. The van der Waals surface area contributed by atoms with E-state index < -0.39 is 260 Å². The third kappa shape index (κ3) is 37.4. The molecule has 0 radical (unpaired) electrons. The molecule has 125 heavy (non-hydrogen) atoms. The first-order chi connectivity index (χ1) is 58.6. The summed E-state index contributed by atoms with van der Waals surface area (Å²) in [7, 11) is 0. The zero-order chi connectivity index (χ0) is 94.4. The number of unbranched alkanes of at least 4 members (excludes halogenated alkanes) is 1. The van der Waals surface area contributed by atoms with Gasteiger partial charge in [0.2, 0.25) is 88.6 Å². The number of fused-ring (bicyclic) bond motifs is 1. The number of amides is 15. The molecule has 1 aromatic heterocycles. The zero-order valence-corrected chi connectivity index (χ0v) is 72.9. The van der Waals surface area contributed by atoms with Crippen LogP contribution < -0.4 is 98.2 Å². The molecule has 0 aliphatic carbocycles. The lowest BCUT2D eigenvalue weighted by Crippen LogP contribution is -2.64. The van der Waals surface area contributed by atoms with Crippen molar-refractivity contribution in [2.75, 3.05) is 32.8 Å². The molecule has 26 N–H and O–H groups in total. The monoisotopic (exact) mass is 1770 g/mol. The van der Waals surface area contributed by atoms with E-state index in [4.69, 9.17) is 62.8 Å². The normalized spacial score (nSPS) is 18.0. The van der Waals surface area contributed by atoms with Gasteiger partial charge in [-0.3, -0.25) is 96.1 Å². The standard InChI is InChI=1S/C79H126N20O26/c1-15-39(8)62(76(118)93-52(29-36(2)3)71(113)91-49(67(83)109)25-26-57(81)106)98-73(115)55(34-121-78-66(124-45(14)105)65(123-44(13)104)64(122-43(12)103)56(125-78)35-120-42(11)102)95-70(112)51(23-18-19-27-80)90-59(108)33-88-68(110)54(31-58(82)107)94-74(116)60(37(4)5)97-77(119)63(40(9)100)99-75(117)61(38(6)7)96-72(114)53(30-46-32-87-48-22-17-16-21-47(46)48)92-69(111)50(89-41(10)101)24-20-28-86-79(84)85/h16-17,21-22,32,36-40,49-56,60-66,78,87,100H,15,18-20,23-31,33-35,80H2,1-14H3,(H2,81,106)(H2,82,107)(H2,83,109)(H,88,110)(H,89,101)(H,90,108)(H,91,113)(H,92,111)(H,93,118)(H,94,116)(H,95,112)(H,96,114)(H,97,119)(H,98,115)(H,99,117)(H4,84,85,86)/t39-,40+,49-,50-,51-,52-,53-,54-,55-,56+,60-,61-,62-,63-,64+,65-,66+,78+/m0/s1. The molecule has 1 aromatic carbocycles. The molecule has 0 spiro atoms. The Morgan fingerprint density at radius 1 is 0.512 bits per heavy atom. The van der Waals surface area contributed by atoms with Crippen LogP contribution in [0.2, 0.25) is 0 Å². The number of nitrogens with one attached hydrogen (secondary N) is 13. The minimum atomic E-state index is -2.05. The number of ether oxygens (including phenoxy) is 6. The number of aliphatic hydroxyl groups excluding tert-OH is 1. The molecule has 2 aromatic rings. The highest BCUT2D eigenvalue weighted by atomic mass is 16.7. The molecule has 46 nitrogen and oxygen atoms in total. The Kier molecular flexibility index (Phi) is 45.4. The Morgan fingerprint density at radius 2 is 1.01 bits per heavy atom. The fourth-order valence-corrected chi connectivity index (χ4v) is 12.9. The summed E-state index contributed by atoms with van der Waals surface area (Å²) in [6.07, 6.45) is -10.4. The van der Waals surface area contributed by atoms with Gasteiger partial charge in [-0.2, -0.15) is 0 Å². The molecule has 3 rings (SSSR count). The number of primary amides is 3. The van der Waals surface area contributed by atoms with Gasteiger partial charge in [0, 0.05) is 71.1 Å². The highest BCUT2D eigenvalue weighted by Crippen LogP contribution is 2.31. The van der Waals surface area contributed by atoms with Gasteiger partial charge >= 0.3 is 23.9 Å². The molecule has 1 fully saturated rings. The first-order valence-corrected chi connectivity index (χ1v) is 40.9. The van der Waals surface area contributed by atoms with Crippen LogP contribution in [0.5, 0.6) is 0 Å². The molecule has 15 amide bonds. The number of H-pyrrole nitrogens is 1. The van der Waals surface area contributed by atoms with E-state index in [1.165, 1.54) is 27.7 Å². The highest BCUT2D eigenvalue weighted by molar-refractivity contribution is 6.01. The first-order valence-electron chi connectivity index (χ1n) is 40.9. The SMILES string of the molecule is CC[C@H](C)[C@H](NC(=O)[C@H](CO[C@@H]1O[C@H](COC(C)=O)[C@@H](OC(C)=O)[C@H](OC(C)=O)[C@H]1OC(C)=O)NC(=O)[C@H](CCCCN)NC(=O)CNC(=O)[C@H](CC(N)=O)NC(=O)[C@@H](NC(=O)[C@@H](NC(=O)[C@@H](NC(=O)[C@H](Cc1c[nH]c2ccccc12)NC(=O)[C@H](CCCN=C(N)N)NC(C)=O)C(C)C)[C@@H](C)O)C(C)C)C(=O)N[C@@H](CC(C)C)C(=O)N[C@@H](CCC(N)=O)C(N)=O. The van der Waals surface area contributed by atoms with E-state index in [9.17, 15) is 91.4 Å². The molecule has 0 unspecified atom stereocenters. The second kappa shape index (κ2) is 53.1.